The zero-order chi connectivity index (χ0) is 24.9. The van der Waals surface area contributed by atoms with Crippen LogP contribution in [0.5, 0.6) is 5.75 Å². The van der Waals surface area contributed by atoms with Crippen LogP contribution in [0.4, 0.5) is 4.39 Å². The molecule has 1 aliphatic rings. The molecular formula is C28H34FN3O2Si. The van der Waals surface area contributed by atoms with Crippen molar-refractivity contribution < 1.29 is 13.5 Å². The molecule has 0 saturated heterocycles. The van der Waals surface area contributed by atoms with Crippen LogP contribution in [-0.4, -0.2) is 29.6 Å². The topological polar surface area (TPSA) is 63.9 Å². The first-order valence-corrected chi connectivity index (χ1v) is 14.8. The van der Waals surface area contributed by atoms with Crippen LogP contribution in [0, 0.1) is 5.82 Å². The van der Waals surface area contributed by atoms with E-state index in [0.717, 1.165) is 29.1 Å². The van der Waals surface area contributed by atoms with Gasteiger partial charge in [0.15, 0.2) is 25.2 Å². The summed E-state index contributed by atoms with van der Waals surface area (Å²) < 4.78 is 28.1. The molecule has 2 aromatic heterocycles. The molecule has 0 aliphatic carbocycles. The molecule has 2 aromatic carbocycles. The van der Waals surface area contributed by atoms with Crippen molar-refractivity contribution >= 4 is 24.6 Å². The van der Waals surface area contributed by atoms with Crippen LogP contribution in [0.1, 0.15) is 58.8 Å². The maximum Gasteiger partial charge on any atom is 0.167 e. The minimum atomic E-state index is -2.07. The lowest BCUT2D eigenvalue weighted by Crippen LogP contribution is -2.56. The Morgan fingerprint density at radius 3 is 2.43 bits per heavy atom. The van der Waals surface area contributed by atoms with Crippen molar-refractivity contribution in [3.63, 3.8) is 0 Å². The summed E-state index contributed by atoms with van der Waals surface area (Å²) in [5.41, 5.74) is 4.75. The molecule has 0 spiro atoms. The Kier molecular flexibility index (Phi) is 6.07. The minimum Gasteiger partial charge on any atom is -0.493 e. The van der Waals surface area contributed by atoms with Gasteiger partial charge in [0.05, 0.1) is 29.8 Å². The summed E-state index contributed by atoms with van der Waals surface area (Å²) in [6, 6.07) is 11.6. The Morgan fingerprint density at radius 2 is 1.71 bits per heavy atom. The van der Waals surface area contributed by atoms with E-state index in [1.54, 1.807) is 12.3 Å². The molecule has 1 atom stereocenters. The molecule has 0 saturated carbocycles. The molecule has 5 rings (SSSR count). The molecule has 0 radical (unpaired) electrons. The molecule has 4 aromatic rings. The summed E-state index contributed by atoms with van der Waals surface area (Å²) in [6.45, 7) is 14.1. The smallest absolute Gasteiger partial charge is 0.167 e. The molecule has 0 amide bonds. The van der Waals surface area contributed by atoms with Crippen molar-refractivity contribution in [3.05, 3.63) is 59.8 Å². The standard InChI is InChI=1S/C28H34FN3O2Si/c1-16(2)35(17(3)4,18(5)6)28-30-14-24(34-28)21-11-12-22-26(25(21)29)32-27(31-22)20-13-19-9-7-8-10-23(19)33-15-20/h7-12,14,16-18,20H,13,15H2,1-6H3,(H,31,32). The van der Waals surface area contributed by atoms with E-state index in [0.29, 0.717) is 45.6 Å². The van der Waals surface area contributed by atoms with Gasteiger partial charge in [-0.1, -0.05) is 59.7 Å². The molecule has 5 nitrogen and oxygen atoms in total. The minimum absolute atomic E-state index is 0.0479. The highest BCUT2D eigenvalue weighted by Gasteiger charge is 2.49. The Balaban J connectivity index is 1.50. The lowest BCUT2D eigenvalue weighted by Gasteiger charge is -2.39. The molecule has 184 valence electrons. The average molecular weight is 492 g/mol. The fourth-order valence-corrected chi connectivity index (χ4v) is 12.3. The van der Waals surface area contributed by atoms with Gasteiger partial charge in [0.2, 0.25) is 0 Å². The summed E-state index contributed by atoms with van der Waals surface area (Å²) in [5.74, 6) is 1.83. The highest BCUT2D eigenvalue weighted by atomic mass is 28.3. The maximum absolute atomic E-state index is 15.8. The highest BCUT2D eigenvalue weighted by molar-refractivity contribution is 6.93. The van der Waals surface area contributed by atoms with Gasteiger partial charge in [0.25, 0.3) is 0 Å². The van der Waals surface area contributed by atoms with Gasteiger partial charge in [0, 0.05) is 0 Å². The summed E-state index contributed by atoms with van der Waals surface area (Å²) in [6.07, 6.45) is 2.50. The van der Waals surface area contributed by atoms with E-state index in [-0.39, 0.29) is 11.7 Å². The van der Waals surface area contributed by atoms with Gasteiger partial charge in [-0.05, 0) is 46.8 Å². The van der Waals surface area contributed by atoms with Gasteiger partial charge in [-0.2, -0.15) is 0 Å². The molecule has 0 fully saturated rings. The normalized spacial score (nSPS) is 16.3. The number of nitrogens with zero attached hydrogens (tertiary/aromatic N) is 2. The monoisotopic (exact) mass is 491 g/mol. The predicted molar refractivity (Wildman–Crippen MR) is 141 cm³/mol. The third-order valence-electron chi connectivity index (χ3n) is 7.89. The molecule has 0 bridgehead atoms. The summed E-state index contributed by atoms with van der Waals surface area (Å²) >= 11 is 0. The molecule has 7 heteroatoms. The first kappa shape index (κ1) is 23.8. The van der Waals surface area contributed by atoms with E-state index in [9.17, 15) is 0 Å². The number of aromatic nitrogens is 3. The zero-order valence-electron chi connectivity index (χ0n) is 21.4. The van der Waals surface area contributed by atoms with E-state index in [4.69, 9.17) is 19.1 Å². The number of rotatable bonds is 6. The number of fused-ring (bicyclic) bond motifs is 2. The van der Waals surface area contributed by atoms with E-state index in [1.165, 1.54) is 0 Å². The van der Waals surface area contributed by atoms with Gasteiger partial charge >= 0.3 is 0 Å². The van der Waals surface area contributed by atoms with Crippen LogP contribution in [0.3, 0.4) is 0 Å². The van der Waals surface area contributed by atoms with Crippen LogP contribution >= 0.6 is 0 Å². The number of benzene rings is 2. The first-order valence-electron chi connectivity index (χ1n) is 12.6. The Morgan fingerprint density at radius 1 is 1.00 bits per heavy atom. The second kappa shape index (κ2) is 8.93. The largest absolute Gasteiger partial charge is 0.493 e. The van der Waals surface area contributed by atoms with Crippen molar-refractivity contribution in [1.82, 2.24) is 15.0 Å². The third-order valence-corrected chi connectivity index (χ3v) is 14.6. The maximum atomic E-state index is 15.8. The van der Waals surface area contributed by atoms with Crippen LogP contribution in [0.15, 0.2) is 47.0 Å². The van der Waals surface area contributed by atoms with Gasteiger partial charge < -0.3 is 14.1 Å². The lowest BCUT2D eigenvalue weighted by atomic mass is 9.96. The molecular weight excluding hydrogens is 457 g/mol. The van der Waals surface area contributed by atoms with Crippen LogP contribution in [0.2, 0.25) is 16.6 Å². The van der Waals surface area contributed by atoms with Crippen LogP contribution < -0.4 is 10.3 Å². The number of hydrogen-bond donors (Lipinski definition) is 1. The van der Waals surface area contributed by atoms with Crippen molar-refractivity contribution in [2.24, 2.45) is 0 Å². The Bertz CT molecular complexity index is 1340. The number of para-hydroxylation sites is 1. The van der Waals surface area contributed by atoms with Gasteiger partial charge in [-0.25, -0.2) is 14.4 Å². The van der Waals surface area contributed by atoms with Gasteiger partial charge in [-0.3, -0.25) is 0 Å². The molecule has 1 aliphatic heterocycles. The number of oxazole rings is 1. The van der Waals surface area contributed by atoms with Crippen LogP contribution in [-0.2, 0) is 6.42 Å². The summed E-state index contributed by atoms with van der Waals surface area (Å²) in [7, 11) is -2.07. The predicted octanol–water partition coefficient (Wildman–Crippen LogP) is 6.96. The number of hydrogen-bond acceptors (Lipinski definition) is 4. The fourth-order valence-electron chi connectivity index (χ4n) is 6.29. The summed E-state index contributed by atoms with van der Waals surface area (Å²) in [5, 5.41) is 0. The van der Waals surface area contributed by atoms with Crippen molar-refractivity contribution in [1.29, 1.82) is 0 Å². The Hall–Kier alpha value is -2.93. The SMILES string of the molecule is CC(C)[Si](c1ncc(-c2ccc3nc(C4COc5ccccc5C4)[nH]c3c2F)o1)(C(C)C)C(C)C. The highest BCUT2D eigenvalue weighted by Crippen LogP contribution is 2.41. The first-order chi connectivity index (χ1) is 16.7. The summed E-state index contributed by atoms with van der Waals surface area (Å²) in [4.78, 5) is 12.7. The van der Waals surface area contributed by atoms with E-state index >= 15 is 4.39 Å². The number of halogens is 1. The van der Waals surface area contributed by atoms with E-state index in [1.807, 2.05) is 24.3 Å². The number of nitrogens with one attached hydrogen (secondary N) is 1. The van der Waals surface area contributed by atoms with Crippen molar-refractivity contribution in [2.75, 3.05) is 6.61 Å². The molecule has 1 unspecified atom stereocenters. The molecule has 35 heavy (non-hydrogen) atoms. The van der Waals surface area contributed by atoms with E-state index in [2.05, 4.69) is 52.6 Å². The fraction of sp³-hybridized carbons (Fsp3) is 0.429. The number of H-pyrrole nitrogens is 1. The molecule has 1 N–H and O–H groups in total. The quantitative estimate of drug-likeness (QED) is 0.296. The zero-order valence-corrected chi connectivity index (χ0v) is 22.4. The van der Waals surface area contributed by atoms with Gasteiger partial charge in [-0.15, -0.1) is 0 Å². The Labute approximate surface area is 207 Å². The second-order valence-electron chi connectivity index (χ2n) is 10.7. The number of ether oxygens (including phenoxy) is 1. The third kappa shape index (κ3) is 3.80. The van der Waals surface area contributed by atoms with Gasteiger partial charge in [0.1, 0.15) is 17.1 Å². The number of aromatic amines is 1. The second-order valence-corrected chi connectivity index (χ2v) is 16.4. The lowest BCUT2D eigenvalue weighted by molar-refractivity contribution is 0.258. The average Bonchev–Trinajstić information content (AvgIpc) is 3.47. The van der Waals surface area contributed by atoms with Crippen molar-refractivity contribution in [2.45, 2.75) is 70.5 Å². The number of imidazole rings is 1. The molecule has 3 heterocycles. The van der Waals surface area contributed by atoms with Crippen molar-refractivity contribution in [3.8, 4) is 17.1 Å². The van der Waals surface area contributed by atoms with Crippen LogP contribution in [0.25, 0.3) is 22.4 Å². The van der Waals surface area contributed by atoms with E-state index < -0.39 is 8.07 Å².